The zero-order chi connectivity index (χ0) is 15.7. The first-order chi connectivity index (χ1) is 10.2. The van der Waals surface area contributed by atoms with Crippen molar-refractivity contribution in [1.29, 1.82) is 0 Å². The molecule has 120 valence electrons. The first-order valence-electron chi connectivity index (χ1n) is 8.23. The number of aromatic nitrogens is 2. The second kappa shape index (κ2) is 9.55. The monoisotopic (exact) mass is 293 g/mol. The summed E-state index contributed by atoms with van der Waals surface area (Å²) in [5, 5.41) is 6.80. The molecule has 0 unspecified atom stereocenters. The molecule has 0 aliphatic rings. The van der Waals surface area contributed by atoms with Crippen LogP contribution < -0.4 is 10.6 Å². The van der Waals surface area contributed by atoms with E-state index in [2.05, 4.69) is 60.1 Å². The van der Waals surface area contributed by atoms with Gasteiger partial charge in [0.05, 0.1) is 0 Å². The second-order valence-corrected chi connectivity index (χ2v) is 5.21. The van der Waals surface area contributed by atoms with Gasteiger partial charge in [-0.1, -0.05) is 20.8 Å². The van der Waals surface area contributed by atoms with Crippen LogP contribution in [0.3, 0.4) is 0 Å². The van der Waals surface area contributed by atoms with Crippen LogP contribution in [0.2, 0.25) is 0 Å². The summed E-state index contributed by atoms with van der Waals surface area (Å²) in [7, 11) is 0. The van der Waals surface area contributed by atoms with E-state index >= 15 is 0 Å². The van der Waals surface area contributed by atoms with Crippen LogP contribution in [0.1, 0.15) is 45.5 Å². The van der Waals surface area contributed by atoms with Crippen LogP contribution in [0, 0.1) is 6.92 Å². The van der Waals surface area contributed by atoms with Gasteiger partial charge in [0.2, 0.25) is 0 Å². The average molecular weight is 293 g/mol. The highest BCUT2D eigenvalue weighted by Crippen LogP contribution is 2.19. The molecule has 5 nitrogen and oxygen atoms in total. The third-order valence-corrected chi connectivity index (χ3v) is 3.56. The maximum Gasteiger partial charge on any atom is 0.134 e. The second-order valence-electron chi connectivity index (χ2n) is 5.21. The Morgan fingerprint density at radius 3 is 2.14 bits per heavy atom. The molecular weight excluding hydrogens is 262 g/mol. The van der Waals surface area contributed by atoms with Crippen LogP contribution in [-0.4, -0.2) is 47.6 Å². The Hall–Kier alpha value is -1.36. The summed E-state index contributed by atoms with van der Waals surface area (Å²) in [5.74, 6) is 2.80. The molecule has 0 atom stereocenters. The summed E-state index contributed by atoms with van der Waals surface area (Å²) in [5.41, 5.74) is 1.10. The first-order valence-corrected chi connectivity index (χ1v) is 8.23. The van der Waals surface area contributed by atoms with Crippen molar-refractivity contribution in [3.05, 3.63) is 11.4 Å². The third kappa shape index (κ3) is 5.50. The lowest BCUT2D eigenvalue weighted by molar-refractivity contribution is 0.300. The van der Waals surface area contributed by atoms with Crippen molar-refractivity contribution >= 4 is 11.6 Å². The predicted molar refractivity (Wildman–Crippen MR) is 91.2 cm³/mol. The van der Waals surface area contributed by atoms with Gasteiger partial charge < -0.3 is 15.5 Å². The number of nitrogens with one attached hydrogen (secondary N) is 2. The lowest BCUT2D eigenvalue weighted by Crippen LogP contribution is -2.30. The fourth-order valence-electron chi connectivity index (χ4n) is 2.31. The van der Waals surface area contributed by atoms with E-state index in [9.17, 15) is 0 Å². The molecule has 0 radical (unpaired) electrons. The molecule has 1 aromatic rings. The van der Waals surface area contributed by atoms with Crippen LogP contribution in [0.5, 0.6) is 0 Å². The first kappa shape index (κ1) is 17.7. The SMILES string of the molecule is CCCN(CC)CCNc1nc(CC)nc(NCC)c1C. The molecule has 0 bridgehead atoms. The number of aryl methyl sites for hydroxylation is 1. The molecule has 1 aromatic heterocycles. The Bertz CT molecular complexity index is 419. The predicted octanol–water partition coefficient (Wildman–Crippen LogP) is 2.92. The fraction of sp³-hybridized carbons (Fsp3) is 0.750. The zero-order valence-electron chi connectivity index (χ0n) is 14.3. The van der Waals surface area contributed by atoms with Gasteiger partial charge in [-0.15, -0.1) is 0 Å². The van der Waals surface area contributed by atoms with Crippen LogP contribution in [-0.2, 0) is 6.42 Å². The number of anilines is 2. The number of hydrogen-bond donors (Lipinski definition) is 2. The summed E-state index contributed by atoms with van der Waals surface area (Å²) in [4.78, 5) is 11.6. The van der Waals surface area contributed by atoms with E-state index in [0.717, 1.165) is 62.2 Å². The van der Waals surface area contributed by atoms with Gasteiger partial charge in [0.1, 0.15) is 17.5 Å². The summed E-state index contributed by atoms with van der Waals surface area (Å²) in [6.45, 7) is 15.8. The topological polar surface area (TPSA) is 53.1 Å². The van der Waals surface area contributed by atoms with Crippen LogP contribution in [0.4, 0.5) is 11.6 Å². The normalized spacial score (nSPS) is 11.0. The Morgan fingerprint density at radius 2 is 1.62 bits per heavy atom. The van der Waals surface area contributed by atoms with Gasteiger partial charge in [-0.2, -0.15) is 0 Å². The Morgan fingerprint density at radius 1 is 0.952 bits per heavy atom. The molecule has 0 fully saturated rings. The minimum Gasteiger partial charge on any atom is -0.370 e. The molecular formula is C16H31N5. The number of hydrogen-bond acceptors (Lipinski definition) is 5. The molecule has 0 amide bonds. The average Bonchev–Trinajstić information content (AvgIpc) is 2.49. The van der Waals surface area contributed by atoms with E-state index in [4.69, 9.17) is 0 Å². The Labute approximate surface area is 129 Å². The van der Waals surface area contributed by atoms with E-state index in [-0.39, 0.29) is 0 Å². The van der Waals surface area contributed by atoms with E-state index in [1.807, 2.05) is 0 Å². The summed E-state index contributed by atoms with van der Waals surface area (Å²) >= 11 is 0. The molecule has 0 aliphatic carbocycles. The van der Waals surface area contributed by atoms with Crippen molar-refractivity contribution < 1.29 is 0 Å². The Balaban J connectivity index is 2.70. The zero-order valence-corrected chi connectivity index (χ0v) is 14.3. The van der Waals surface area contributed by atoms with Crippen LogP contribution >= 0.6 is 0 Å². The molecule has 0 saturated carbocycles. The van der Waals surface area contributed by atoms with Crippen molar-refractivity contribution in [2.24, 2.45) is 0 Å². The number of rotatable bonds is 10. The molecule has 5 heteroatoms. The van der Waals surface area contributed by atoms with Crippen molar-refractivity contribution in [2.45, 2.75) is 47.5 Å². The Kier molecular flexibility index (Phi) is 8.05. The molecule has 0 saturated heterocycles. The smallest absolute Gasteiger partial charge is 0.134 e. The van der Waals surface area contributed by atoms with Crippen molar-refractivity contribution in [3.8, 4) is 0 Å². The van der Waals surface area contributed by atoms with Crippen LogP contribution in [0.15, 0.2) is 0 Å². The largest absolute Gasteiger partial charge is 0.370 e. The van der Waals surface area contributed by atoms with Gasteiger partial charge in [0.15, 0.2) is 0 Å². The summed E-state index contributed by atoms with van der Waals surface area (Å²) in [6.07, 6.45) is 2.05. The van der Waals surface area contributed by atoms with E-state index in [1.165, 1.54) is 6.42 Å². The molecule has 0 aromatic carbocycles. The standard InChI is InChI=1S/C16H31N5/c1-6-11-21(9-4)12-10-18-16-13(5)15(17-8-3)19-14(7-2)20-16/h6-12H2,1-5H3,(H2,17,18,19,20). The van der Waals surface area contributed by atoms with Gasteiger partial charge in [0.25, 0.3) is 0 Å². The molecule has 0 spiro atoms. The van der Waals surface area contributed by atoms with Crippen molar-refractivity contribution in [2.75, 3.05) is 43.4 Å². The lowest BCUT2D eigenvalue weighted by Gasteiger charge is -2.20. The molecule has 1 rings (SSSR count). The van der Waals surface area contributed by atoms with Gasteiger partial charge >= 0.3 is 0 Å². The van der Waals surface area contributed by atoms with E-state index in [0.29, 0.717) is 0 Å². The maximum atomic E-state index is 4.62. The highest BCUT2D eigenvalue weighted by Gasteiger charge is 2.09. The minimum atomic E-state index is 0.851. The van der Waals surface area contributed by atoms with Gasteiger partial charge in [-0.05, 0) is 33.4 Å². The van der Waals surface area contributed by atoms with E-state index < -0.39 is 0 Å². The molecule has 1 heterocycles. The highest BCUT2D eigenvalue weighted by atomic mass is 15.1. The van der Waals surface area contributed by atoms with Gasteiger partial charge in [0, 0.05) is 31.6 Å². The molecule has 21 heavy (non-hydrogen) atoms. The van der Waals surface area contributed by atoms with Gasteiger partial charge in [-0.25, -0.2) is 9.97 Å². The highest BCUT2D eigenvalue weighted by molar-refractivity contribution is 5.57. The third-order valence-electron chi connectivity index (χ3n) is 3.56. The van der Waals surface area contributed by atoms with Crippen LogP contribution in [0.25, 0.3) is 0 Å². The van der Waals surface area contributed by atoms with E-state index in [1.54, 1.807) is 0 Å². The minimum absolute atomic E-state index is 0.851. The molecule has 0 aliphatic heterocycles. The maximum absolute atomic E-state index is 4.62. The fourth-order valence-corrected chi connectivity index (χ4v) is 2.31. The van der Waals surface area contributed by atoms with Gasteiger partial charge in [-0.3, -0.25) is 0 Å². The quantitative estimate of drug-likeness (QED) is 0.694. The lowest BCUT2D eigenvalue weighted by atomic mass is 10.3. The summed E-state index contributed by atoms with van der Waals surface area (Å²) < 4.78 is 0. The van der Waals surface area contributed by atoms with Crippen molar-refractivity contribution in [1.82, 2.24) is 14.9 Å². The number of likely N-dealkylation sites (N-methyl/N-ethyl adjacent to an activating group) is 1. The number of nitrogens with zero attached hydrogens (tertiary/aromatic N) is 3. The molecule has 2 N–H and O–H groups in total. The summed E-state index contributed by atoms with van der Waals surface area (Å²) in [6, 6.07) is 0. The van der Waals surface area contributed by atoms with Crippen molar-refractivity contribution in [3.63, 3.8) is 0 Å².